The summed E-state index contributed by atoms with van der Waals surface area (Å²) in [4.78, 5) is 4.33. The number of pyridine rings is 1. The van der Waals surface area contributed by atoms with Gasteiger partial charge in [0.25, 0.3) is 0 Å². The standard InChI is InChI=1S/C12H17BrN2/c1-9-4-6-10(7-5-9)15-12-11(13)3-2-8-14-12/h2-3,8-10H,4-7H2,1H3,(H,14,15). The molecule has 3 heteroatoms. The zero-order valence-corrected chi connectivity index (χ0v) is 10.6. The van der Waals surface area contributed by atoms with Crippen LogP contribution >= 0.6 is 15.9 Å². The average Bonchev–Trinajstić information content (AvgIpc) is 2.25. The minimum Gasteiger partial charge on any atom is -0.366 e. The van der Waals surface area contributed by atoms with Crippen LogP contribution in [0.4, 0.5) is 5.82 Å². The largest absolute Gasteiger partial charge is 0.366 e. The number of halogens is 1. The molecule has 2 nitrogen and oxygen atoms in total. The molecule has 2 rings (SSSR count). The molecular formula is C12H17BrN2. The molecule has 1 aromatic heterocycles. The highest BCUT2D eigenvalue weighted by Gasteiger charge is 2.18. The number of rotatable bonds is 2. The van der Waals surface area contributed by atoms with E-state index in [0.29, 0.717) is 6.04 Å². The van der Waals surface area contributed by atoms with Gasteiger partial charge in [-0.25, -0.2) is 4.98 Å². The first-order valence-electron chi connectivity index (χ1n) is 5.63. The maximum Gasteiger partial charge on any atom is 0.140 e. The van der Waals surface area contributed by atoms with Crippen molar-refractivity contribution in [2.24, 2.45) is 5.92 Å². The maximum atomic E-state index is 4.33. The first-order chi connectivity index (χ1) is 7.25. The molecule has 1 aliphatic rings. The van der Waals surface area contributed by atoms with Crippen LogP contribution in [0.5, 0.6) is 0 Å². The molecule has 0 atom stereocenters. The third kappa shape index (κ3) is 2.94. The lowest BCUT2D eigenvalue weighted by molar-refractivity contribution is 0.360. The van der Waals surface area contributed by atoms with Gasteiger partial charge in [-0.3, -0.25) is 0 Å². The quantitative estimate of drug-likeness (QED) is 0.882. The first-order valence-corrected chi connectivity index (χ1v) is 6.42. The van der Waals surface area contributed by atoms with Gasteiger partial charge in [0.2, 0.25) is 0 Å². The van der Waals surface area contributed by atoms with E-state index in [9.17, 15) is 0 Å². The van der Waals surface area contributed by atoms with Crippen molar-refractivity contribution in [3.05, 3.63) is 22.8 Å². The fourth-order valence-electron chi connectivity index (χ4n) is 2.09. The zero-order chi connectivity index (χ0) is 10.7. The van der Waals surface area contributed by atoms with Crippen LogP contribution in [0, 0.1) is 5.92 Å². The van der Waals surface area contributed by atoms with Crippen molar-refractivity contribution in [3.8, 4) is 0 Å². The van der Waals surface area contributed by atoms with E-state index in [-0.39, 0.29) is 0 Å². The Kier molecular flexibility index (Phi) is 3.62. The van der Waals surface area contributed by atoms with E-state index >= 15 is 0 Å². The van der Waals surface area contributed by atoms with Gasteiger partial charge in [-0.15, -0.1) is 0 Å². The second kappa shape index (κ2) is 4.97. The SMILES string of the molecule is CC1CCC(Nc2ncccc2Br)CC1. The third-order valence-electron chi connectivity index (χ3n) is 3.12. The summed E-state index contributed by atoms with van der Waals surface area (Å²) in [6, 6.07) is 4.58. The number of hydrogen-bond donors (Lipinski definition) is 1. The molecule has 0 aromatic carbocycles. The molecule has 0 amide bonds. The molecule has 1 aliphatic carbocycles. The number of nitrogens with zero attached hydrogens (tertiary/aromatic N) is 1. The van der Waals surface area contributed by atoms with Crippen molar-refractivity contribution in [1.82, 2.24) is 4.98 Å². The summed E-state index contributed by atoms with van der Waals surface area (Å²) in [6.07, 6.45) is 7.04. The molecule has 1 aromatic rings. The lowest BCUT2D eigenvalue weighted by Crippen LogP contribution is -2.25. The summed E-state index contributed by atoms with van der Waals surface area (Å²) >= 11 is 3.51. The Morgan fingerprint density at radius 3 is 2.73 bits per heavy atom. The van der Waals surface area contributed by atoms with E-state index in [1.54, 1.807) is 0 Å². The Morgan fingerprint density at radius 2 is 2.07 bits per heavy atom. The van der Waals surface area contributed by atoms with Gasteiger partial charge in [-0.2, -0.15) is 0 Å². The molecule has 0 unspecified atom stereocenters. The molecule has 0 aliphatic heterocycles. The topological polar surface area (TPSA) is 24.9 Å². The van der Waals surface area contributed by atoms with Crippen LogP contribution in [0.3, 0.4) is 0 Å². The minimum absolute atomic E-state index is 0.604. The van der Waals surface area contributed by atoms with Crippen molar-refractivity contribution < 1.29 is 0 Å². The lowest BCUT2D eigenvalue weighted by Gasteiger charge is -2.27. The van der Waals surface area contributed by atoms with E-state index in [1.807, 2.05) is 18.3 Å². The maximum absolute atomic E-state index is 4.33. The van der Waals surface area contributed by atoms with Gasteiger partial charge in [0.1, 0.15) is 5.82 Å². The molecule has 1 heterocycles. The summed E-state index contributed by atoms with van der Waals surface area (Å²) in [6.45, 7) is 2.34. The van der Waals surface area contributed by atoms with Crippen LogP contribution < -0.4 is 5.32 Å². The highest BCUT2D eigenvalue weighted by molar-refractivity contribution is 9.10. The Morgan fingerprint density at radius 1 is 1.33 bits per heavy atom. The molecule has 0 saturated heterocycles. The highest BCUT2D eigenvalue weighted by Crippen LogP contribution is 2.27. The van der Waals surface area contributed by atoms with Gasteiger partial charge in [0, 0.05) is 12.2 Å². The van der Waals surface area contributed by atoms with Gasteiger partial charge in [0.15, 0.2) is 0 Å². The lowest BCUT2D eigenvalue weighted by atomic mass is 9.87. The van der Waals surface area contributed by atoms with Crippen LogP contribution in [0.1, 0.15) is 32.6 Å². The van der Waals surface area contributed by atoms with E-state index in [1.165, 1.54) is 25.7 Å². The van der Waals surface area contributed by atoms with Crippen LogP contribution in [0.15, 0.2) is 22.8 Å². The highest BCUT2D eigenvalue weighted by atomic mass is 79.9. The average molecular weight is 269 g/mol. The van der Waals surface area contributed by atoms with Crippen LogP contribution in [0.25, 0.3) is 0 Å². The molecule has 1 saturated carbocycles. The van der Waals surface area contributed by atoms with Crippen molar-refractivity contribution in [1.29, 1.82) is 0 Å². The Balaban J connectivity index is 1.95. The number of anilines is 1. The monoisotopic (exact) mass is 268 g/mol. The van der Waals surface area contributed by atoms with Crippen molar-refractivity contribution in [3.63, 3.8) is 0 Å². The predicted octanol–water partition coefficient (Wildman–Crippen LogP) is 3.83. The van der Waals surface area contributed by atoms with Crippen LogP contribution in [0.2, 0.25) is 0 Å². The van der Waals surface area contributed by atoms with E-state index < -0.39 is 0 Å². The second-order valence-electron chi connectivity index (χ2n) is 4.43. The Labute approximate surface area is 99.6 Å². The Hall–Kier alpha value is -0.570. The summed E-state index contributed by atoms with van der Waals surface area (Å²) in [5, 5.41) is 3.51. The molecule has 1 fully saturated rings. The molecule has 82 valence electrons. The molecule has 0 spiro atoms. The first kappa shape index (κ1) is 10.9. The van der Waals surface area contributed by atoms with E-state index in [4.69, 9.17) is 0 Å². The summed E-state index contributed by atoms with van der Waals surface area (Å²) < 4.78 is 1.06. The van der Waals surface area contributed by atoms with E-state index in [2.05, 4.69) is 33.2 Å². The van der Waals surface area contributed by atoms with Gasteiger partial charge < -0.3 is 5.32 Å². The predicted molar refractivity (Wildman–Crippen MR) is 67.0 cm³/mol. The van der Waals surface area contributed by atoms with Gasteiger partial charge in [-0.1, -0.05) is 6.92 Å². The van der Waals surface area contributed by atoms with Gasteiger partial charge >= 0.3 is 0 Å². The van der Waals surface area contributed by atoms with Crippen molar-refractivity contribution >= 4 is 21.7 Å². The normalized spacial score (nSPS) is 26.3. The fourth-order valence-corrected chi connectivity index (χ4v) is 2.46. The van der Waals surface area contributed by atoms with E-state index in [0.717, 1.165) is 16.2 Å². The smallest absolute Gasteiger partial charge is 0.140 e. The van der Waals surface area contributed by atoms with Crippen LogP contribution in [-0.4, -0.2) is 11.0 Å². The third-order valence-corrected chi connectivity index (χ3v) is 3.76. The van der Waals surface area contributed by atoms with Gasteiger partial charge in [-0.05, 0) is 59.7 Å². The molecule has 0 radical (unpaired) electrons. The zero-order valence-electron chi connectivity index (χ0n) is 9.04. The number of nitrogens with one attached hydrogen (secondary N) is 1. The summed E-state index contributed by atoms with van der Waals surface area (Å²) in [5.41, 5.74) is 0. The fraction of sp³-hybridized carbons (Fsp3) is 0.583. The molecular weight excluding hydrogens is 252 g/mol. The van der Waals surface area contributed by atoms with Crippen molar-refractivity contribution in [2.75, 3.05) is 5.32 Å². The molecule has 1 N–H and O–H groups in total. The van der Waals surface area contributed by atoms with Crippen LogP contribution in [-0.2, 0) is 0 Å². The molecule has 15 heavy (non-hydrogen) atoms. The summed E-state index contributed by atoms with van der Waals surface area (Å²) in [5.74, 6) is 1.88. The Bertz CT molecular complexity index is 319. The molecule has 0 bridgehead atoms. The number of aromatic nitrogens is 1. The van der Waals surface area contributed by atoms with Crippen molar-refractivity contribution in [2.45, 2.75) is 38.6 Å². The van der Waals surface area contributed by atoms with Gasteiger partial charge in [0.05, 0.1) is 4.47 Å². The minimum atomic E-state index is 0.604. The second-order valence-corrected chi connectivity index (χ2v) is 5.29. The number of hydrogen-bond acceptors (Lipinski definition) is 2. The summed E-state index contributed by atoms with van der Waals surface area (Å²) in [7, 11) is 0.